The van der Waals surface area contributed by atoms with Crippen LogP contribution in [0.1, 0.15) is 23.6 Å². The number of aryl methyl sites for hydroxylation is 1. The van der Waals surface area contributed by atoms with Crippen LogP contribution in [0.25, 0.3) is 11.1 Å². The van der Waals surface area contributed by atoms with Crippen LogP contribution in [-0.4, -0.2) is 11.2 Å². The van der Waals surface area contributed by atoms with E-state index in [1.807, 2.05) is 24.3 Å². The molecule has 0 aromatic heterocycles. The average Bonchev–Trinajstić information content (AvgIpc) is 2.79. The Morgan fingerprint density at radius 1 is 1.10 bits per heavy atom. The topological polar surface area (TPSA) is 49.3 Å². The molecule has 1 aliphatic rings. The molecule has 1 aliphatic carbocycles. The quantitative estimate of drug-likeness (QED) is 0.825. The summed E-state index contributed by atoms with van der Waals surface area (Å²) in [6.07, 6.45) is 0.669. The number of hydrogen-bond acceptors (Lipinski definition) is 1. The van der Waals surface area contributed by atoms with Crippen molar-refractivity contribution >= 4 is 29.3 Å². The highest BCUT2D eigenvalue weighted by molar-refractivity contribution is 6.35. The van der Waals surface area contributed by atoms with Gasteiger partial charge in [-0.2, -0.15) is 0 Å². The standard InChI is InChI=1S/C16H13Cl2NO2/c17-12-6-11(7-13(18)8-12)9-1-3-14-10(5-9)2-4-15(14)19-16(20)21/h1,3,5-8,15,19H,2,4H2,(H,20,21). The highest BCUT2D eigenvalue weighted by Gasteiger charge is 2.24. The van der Waals surface area contributed by atoms with Crippen LogP contribution >= 0.6 is 23.2 Å². The molecule has 2 N–H and O–H groups in total. The Morgan fingerprint density at radius 3 is 2.48 bits per heavy atom. The number of carboxylic acid groups (broad SMARTS) is 1. The molecule has 0 bridgehead atoms. The predicted octanol–water partition coefficient (Wildman–Crippen LogP) is 4.92. The van der Waals surface area contributed by atoms with Gasteiger partial charge in [0, 0.05) is 10.0 Å². The molecule has 3 nitrogen and oxygen atoms in total. The van der Waals surface area contributed by atoms with Crippen LogP contribution in [0.3, 0.4) is 0 Å². The average molecular weight is 322 g/mol. The molecule has 0 aliphatic heterocycles. The van der Waals surface area contributed by atoms with Crippen LogP contribution in [0.2, 0.25) is 10.0 Å². The number of halogens is 2. The monoisotopic (exact) mass is 321 g/mol. The van der Waals surface area contributed by atoms with Crippen LogP contribution in [0.4, 0.5) is 4.79 Å². The first-order valence-corrected chi connectivity index (χ1v) is 7.37. The zero-order valence-electron chi connectivity index (χ0n) is 11.1. The van der Waals surface area contributed by atoms with Crippen LogP contribution in [0.15, 0.2) is 36.4 Å². The molecule has 0 radical (unpaired) electrons. The van der Waals surface area contributed by atoms with Crippen molar-refractivity contribution in [1.82, 2.24) is 5.32 Å². The number of rotatable bonds is 2. The molecular weight excluding hydrogens is 309 g/mol. The van der Waals surface area contributed by atoms with Crippen LogP contribution in [0, 0.1) is 0 Å². The largest absolute Gasteiger partial charge is 0.465 e. The van der Waals surface area contributed by atoms with E-state index in [4.69, 9.17) is 28.3 Å². The maximum atomic E-state index is 10.8. The second-order valence-corrected chi connectivity index (χ2v) is 5.99. The fourth-order valence-electron chi connectivity index (χ4n) is 2.82. The Balaban J connectivity index is 1.95. The third-order valence-electron chi connectivity index (χ3n) is 3.71. The van der Waals surface area contributed by atoms with E-state index in [0.29, 0.717) is 10.0 Å². The van der Waals surface area contributed by atoms with Gasteiger partial charge in [0.15, 0.2) is 0 Å². The van der Waals surface area contributed by atoms with Gasteiger partial charge in [0.1, 0.15) is 0 Å². The zero-order chi connectivity index (χ0) is 15.0. The maximum Gasteiger partial charge on any atom is 0.405 e. The summed E-state index contributed by atoms with van der Waals surface area (Å²) in [6.45, 7) is 0. The summed E-state index contributed by atoms with van der Waals surface area (Å²) < 4.78 is 0. The lowest BCUT2D eigenvalue weighted by molar-refractivity contribution is 0.190. The third kappa shape index (κ3) is 2.99. The minimum Gasteiger partial charge on any atom is -0.465 e. The molecule has 108 valence electrons. The van der Waals surface area contributed by atoms with E-state index in [1.54, 1.807) is 6.07 Å². The van der Waals surface area contributed by atoms with Crippen LogP contribution < -0.4 is 5.32 Å². The lowest BCUT2D eigenvalue weighted by atomic mass is 10.00. The van der Waals surface area contributed by atoms with Gasteiger partial charge in [-0.3, -0.25) is 0 Å². The number of amides is 1. The van der Waals surface area contributed by atoms with Crippen molar-refractivity contribution in [3.8, 4) is 11.1 Å². The fraction of sp³-hybridized carbons (Fsp3) is 0.188. The minimum atomic E-state index is -0.987. The van der Waals surface area contributed by atoms with E-state index in [0.717, 1.165) is 29.5 Å². The van der Waals surface area contributed by atoms with Crippen molar-refractivity contribution in [2.45, 2.75) is 18.9 Å². The van der Waals surface area contributed by atoms with Crippen LogP contribution in [0.5, 0.6) is 0 Å². The highest BCUT2D eigenvalue weighted by Crippen LogP contribution is 2.35. The summed E-state index contributed by atoms with van der Waals surface area (Å²) in [5, 5.41) is 12.6. The van der Waals surface area contributed by atoms with E-state index in [9.17, 15) is 4.79 Å². The lowest BCUT2D eigenvalue weighted by Gasteiger charge is -2.12. The predicted molar refractivity (Wildman–Crippen MR) is 84.1 cm³/mol. The van der Waals surface area contributed by atoms with Crippen molar-refractivity contribution in [1.29, 1.82) is 0 Å². The number of fused-ring (bicyclic) bond motifs is 1. The molecule has 2 aromatic rings. The first-order valence-electron chi connectivity index (χ1n) is 6.61. The molecule has 0 spiro atoms. The number of benzene rings is 2. The van der Waals surface area contributed by atoms with Gasteiger partial charge < -0.3 is 10.4 Å². The second kappa shape index (κ2) is 5.58. The van der Waals surface area contributed by atoms with Crippen LogP contribution in [-0.2, 0) is 6.42 Å². The van der Waals surface area contributed by atoms with E-state index in [2.05, 4.69) is 11.4 Å². The summed E-state index contributed by atoms with van der Waals surface area (Å²) in [6, 6.07) is 11.4. The summed E-state index contributed by atoms with van der Waals surface area (Å²) >= 11 is 12.1. The molecule has 3 rings (SSSR count). The van der Waals surface area contributed by atoms with Gasteiger partial charge in [-0.15, -0.1) is 0 Å². The number of hydrogen-bond donors (Lipinski definition) is 2. The second-order valence-electron chi connectivity index (χ2n) is 5.11. The number of carbonyl (C=O) groups is 1. The van der Waals surface area contributed by atoms with Crippen molar-refractivity contribution in [2.75, 3.05) is 0 Å². The molecule has 0 saturated carbocycles. The molecule has 1 unspecified atom stereocenters. The molecule has 0 fully saturated rings. The van der Waals surface area contributed by atoms with Gasteiger partial charge in [0.2, 0.25) is 0 Å². The number of nitrogens with one attached hydrogen (secondary N) is 1. The molecule has 5 heteroatoms. The van der Waals surface area contributed by atoms with Gasteiger partial charge in [-0.05, 0) is 53.3 Å². The van der Waals surface area contributed by atoms with E-state index >= 15 is 0 Å². The Morgan fingerprint density at radius 2 is 1.81 bits per heavy atom. The molecular formula is C16H13Cl2NO2. The first kappa shape index (κ1) is 14.2. The maximum absolute atomic E-state index is 10.8. The van der Waals surface area contributed by atoms with E-state index < -0.39 is 6.09 Å². The smallest absolute Gasteiger partial charge is 0.405 e. The zero-order valence-corrected chi connectivity index (χ0v) is 12.6. The normalized spacial score (nSPS) is 16.6. The Labute approximate surface area is 132 Å². The summed E-state index contributed by atoms with van der Waals surface area (Å²) in [7, 11) is 0. The summed E-state index contributed by atoms with van der Waals surface area (Å²) in [4.78, 5) is 10.8. The van der Waals surface area contributed by atoms with Gasteiger partial charge in [-0.1, -0.05) is 41.4 Å². The van der Waals surface area contributed by atoms with Crippen molar-refractivity contribution in [3.05, 3.63) is 57.6 Å². The Kier molecular flexibility index (Phi) is 3.79. The van der Waals surface area contributed by atoms with E-state index in [-0.39, 0.29) is 6.04 Å². The SMILES string of the molecule is O=C(O)NC1CCc2cc(-c3cc(Cl)cc(Cl)c3)ccc21. The summed E-state index contributed by atoms with van der Waals surface area (Å²) in [5.74, 6) is 0. The van der Waals surface area contributed by atoms with Crippen molar-refractivity contribution in [3.63, 3.8) is 0 Å². The molecule has 21 heavy (non-hydrogen) atoms. The van der Waals surface area contributed by atoms with Gasteiger partial charge in [-0.25, -0.2) is 4.79 Å². The fourth-order valence-corrected chi connectivity index (χ4v) is 3.34. The van der Waals surface area contributed by atoms with Crippen molar-refractivity contribution in [2.24, 2.45) is 0 Å². The van der Waals surface area contributed by atoms with E-state index in [1.165, 1.54) is 5.56 Å². The Bertz CT molecular complexity index is 695. The molecule has 0 heterocycles. The molecule has 1 amide bonds. The Hall–Kier alpha value is -1.71. The van der Waals surface area contributed by atoms with Gasteiger partial charge >= 0.3 is 6.09 Å². The van der Waals surface area contributed by atoms with Gasteiger partial charge in [0.25, 0.3) is 0 Å². The summed E-state index contributed by atoms with van der Waals surface area (Å²) in [5.41, 5.74) is 4.22. The minimum absolute atomic E-state index is 0.116. The molecule has 1 atom stereocenters. The third-order valence-corrected chi connectivity index (χ3v) is 4.15. The molecule has 2 aromatic carbocycles. The first-order chi connectivity index (χ1) is 10.0. The highest BCUT2D eigenvalue weighted by atomic mass is 35.5. The van der Waals surface area contributed by atoms with Gasteiger partial charge in [0.05, 0.1) is 6.04 Å². The van der Waals surface area contributed by atoms with Crippen molar-refractivity contribution < 1.29 is 9.90 Å². The lowest BCUT2D eigenvalue weighted by Crippen LogP contribution is -2.24. The molecule has 0 saturated heterocycles.